The van der Waals surface area contributed by atoms with Crippen molar-refractivity contribution in [1.29, 1.82) is 0 Å². The van der Waals surface area contributed by atoms with Gasteiger partial charge >= 0.3 is 0 Å². The van der Waals surface area contributed by atoms with Crippen LogP contribution in [0.5, 0.6) is 0 Å². The smallest absolute Gasteiger partial charge is 0.188 e. The molecule has 0 fully saturated rings. The number of nitrogens with zero attached hydrogens (tertiary/aromatic N) is 2. The fourth-order valence-corrected chi connectivity index (χ4v) is 2.89. The van der Waals surface area contributed by atoms with Crippen molar-refractivity contribution in [3.8, 4) is 11.3 Å². The van der Waals surface area contributed by atoms with Crippen LogP contribution in [0.25, 0.3) is 11.3 Å². The van der Waals surface area contributed by atoms with Gasteiger partial charge in [-0.1, -0.05) is 34.1 Å². The summed E-state index contributed by atoms with van der Waals surface area (Å²) in [5, 5.41) is 6.10. The zero-order valence-corrected chi connectivity index (χ0v) is 13.2. The Morgan fingerprint density at radius 3 is 2.85 bits per heavy atom. The topological polar surface area (TPSA) is 37.8 Å². The summed E-state index contributed by atoms with van der Waals surface area (Å²) in [5.41, 5.74) is 3.20. The van der Waals surface area contributed by atoms with Crippen LogP contribution >= 0.6 is 27.3 Å². The predicted octanol–water partition coefficient (Wildman–Crippen LogP) is 5.02. The van der Waals surface area contributed by atoms with Gasteiger partial charge in [-0.3, -0.25) is 0 Å². The van der Waals surface area contributed by atoms with E-state index in [-0.39, 0.29) is 0 Å². The van der Waals surface area contributed by atoms with Crippen molar-refractivity contribution in [3.05, 3.63) is 58.0 Å². The van der Waals surface area contributed by atoms with Crippen molar-refractivity contribution in [2.75, 3.05) is 5.32 Å². The number of nitrogens with one attached hydrogen (secondary N) is 1. The summed E-state index contributed by atoms with van der Waals surface area (Å²) in [6.45, 7) is 2.02. The molecule has 1 aromatic carbocycles. The maximum absolute atomic E-state index is 4.59. The van der Waals surface area contributed by atoms with Gasteiger partial charge in [-0.2, -0.15) is 0 Å². The molecule has 2 heterocycles. The standard InChI is InChI=1S/C15H12BrN3S/c1-10-5-6-14(17-8-10)19-15-18-13(9-20-15)11-3-2-4-12(16)7-11/h2-9H,1H3,(H,17,18,19). The molecular formula is C15H12BrN3S. The third kappa shape index (κ3) is 3.05. The largest absolute Gasteiger partial charge is 0.316 e. The molecule has 0 aliphatic carbocycles. The second-order valence-electron chi connectivity index (χ2n) is 4.39. The number of benzene rings is 1. The molecule has 3 rings (SSSR count). The Bertz CT molecular complexity index is 722. The summed E-state index contributed by atoms with van der Waals surface area (Å²) in [4.78, 5) is 8.90. The minimum Gasteiger partial charge on any atom is -0.316 e. The van der Waals surface area contributed by atoms with E-state index in [4.69, 9.17) is 0 Å². The zero-order valence-electron chi connectivity index (χ0n) is 10.8. The summed E-state index contributed by atoms with van der Waals surface area (Å²) in [6, 6.07) is 12.1. The molecule has 3 nitrogen and oxygen atoms in total. The lowest BCUT2D eigenvalue weighted by molar-refractivity contribution is 1.25. The Kier molecular flexibility index (Phi) is 3.80. The number of halogens is 1. The molecule has 0 aliphatic heterocycles. The van der Waals surface area contributed by atoms with E-state index in [1.807, 2.05) is 48.8 Å². The van der Waals surface area contributed by atoms with Crippen LogP contribution in [0.2, 0.25) is 0 Å². The minimum atomic E-state index is 0.811. The second kappa shape index (κ2) is 5.73. The fourth-order valence-electron chi connectivity index (χ4n) is 1.76. The highest BCUT2D eigenvalue weighted by molar-refractivity contribution is 9.10. The zero-order chi connectivity index (χ0) is 13.9. The number of anilines is 2. The van der Waals surface area contributed by atoms with Gasteiger partial charge in [-0.05, 0) is 30.7 Å². The maximum atomic E-state index is 4.59. The van der Waals surface area contributed by atoms with Gasteiger partial charge in [0.2, 0.25) is 0 Å². The van der Waals surface area contributed by atoms with E-state index in [1.165, 1.54) is 0 Å². The van der Waals surface area contributed by atoms with Gasteiger partial charge < -0.3 is 5.32 Å². The molecule has 1 N–H and O–H groups in total. The molecule has 0 bridgehead atoms. The molecule has 2 aromatic heterocycles. The van der Waals surface area contributed by atoms with E-state index < -0.39 is 0 Å². The van der Waals surface area contributed by atoms with E-state index in [2.05, 4.69) is 37.3 Å². The van der Waals surface area contributed by atoms with Gasteiger partial charge in [0.15, 0.2) is 5.13 Å². The first-order chi connectivity index (χ1) is 9.70. The number of aromatic nitrogens is 2. The molecule has 0 spiro atoms. The molecule has 20 heavy (non-hydrogen) atoms. The summed E-state index contributed by atoms with van der Waals surface area (Å²) in [7, 11) is 0. The third-order valence-corrected chi connectivity index (χ3v) is 4.02. The summed E-state index contributed by atoms with van der Waals surface area (Å²) in [5.74, 6) is 0.811. The lowest BCUT2D eigenvalue weighted by Crippen LogP contribution is -1.92. The van der Waals surface area contributed by atoms with Crippen LogP contribution in [0.15, 0.2) is 52.4 Å². The molecule has 0 saturated heterocycles. The van der Waals surface area contributed by atoms with Gasteiger partial charge in [0.25, 0.3) is 0 Å². The summed E-state index contributed by atoms with van der Waals surface area (Å²) in [6.07, 6.45) is 1.84. The van der Waals surface area contributed by atoms with E-state index >= 15 is 0 Å². The predicted molar refractivity (Wildman–Crippen MR) is 87.5 cm³/mol. The first-order valence-corrected chi connectivity index (χ1v) is 7.79. The molecule has 5 heteroatoms. The van der Waals surface area contributed by atoms with Crippen molar-refractivity contribution >= 4 is 38.2 Å². The van der Waals surface area contributed by atoms with Crippen LogP contribution in [-0.4, -0.2) is 9.97 Å². The Morgan fingerprint density at radius 2 is 2.10 bits per heavy atom. The van der Waals surface area contributed by atoms with Crippen LogP contribution in [0, 0.1) is 6.92 Å². The molecular weight excluding hydrogens is 334 g/mol. The van der Waals surface area contributed by atoms with Crippen molar-refractivity contribution in [3.63, 3.8) is 0 Å². The van der Waals surface area contributed by atoms with Crippen LogP contribution < -0.4 is 5.32 Å². The van der Waals surface area contributed by atoms with Gasteiger partial charge in [0.05, 0.1) is 5.69 Å². The van der Waals surface area contributed by atoms with Crippen LogP contribution in [0.1, 0.15) is 5.56 Å². The Morgan fingerprint density at radius 1 is 1.20 bits per heavy atom. The van der Waals surface area contributed by atoms with Crippen molar-refractivity contribution < 1.29 is 0 Å². The quantitative estimate of drug-likeness (QED) is 0.724. The normalized spacial score (nSPS) is 10.5. The molecule has 0 atom stereocenters. The second-order valence-corrected chi connectivity index (χ2v) is 6.17. The number of rotatable bonds is 3. The lowest BCUT2D eigenvalue weighted by Gasteiger charge is -2.01. The van der Waals surface area contributed by atoms with Crippen LogP contribution in [0.4, 0.5) is 10.9 Å². The summed E-state index contributed by atoms with van der Waals surface area (Å²) < 4.78 is 1.05. The molecule has 0 aliphatic rings. The Hall–Kier alpha value is -1.72. The van der Waals surface area contributed by atoms with E-state index in [1.54, 1.807) is 11.3 Å². The van der Waals surface area contributed by atoms with Gasteiger partial charge in [-0.25, -0.2) is 9.97 Å². The number of pyridine rings is 1. The number of thiazole rings is 1. The SMILES string of the molecule is Cc1ccc(Nc2nc(-c3cccc(Br)c3)cs2)nc1. The monoisotopic (exact) mass is 345 g/mol. The van der Waals surface area contributed by atoms with Gasteiger partial charge in [0, 0.05) is 21.6 Å². The van der Waals surface area contributed by atoms with Crippen LogP contribution in [0.3, 0.4) is 0 Å². The molecule has 0 radical (unpaired) electrons. The average Bonchev–Trinajstić information content (AvgIpc) is 2.90. The number of hydrogen-bond acceptors (Lipinski definition) is 4. The fraction of sp³-hybridized carbons (Fsp3) is 0.0667. The lowest BCUT2D eigenvalue weighted by atomic mass is 10.2. The maximum Gasteiger partial charge on any atom is 0.188 e. The minimum absolute atomic E-state index is 0.811. The average molecular weight is 346 g/mol. The Balaban J connectivity index is 1.82. The molecule has 0 saturated carbocycles. The molecule has 100 valence electrons. The van der Waals surface area contributed by atoms with Crippen molar-refractivity contribution in [1.82, 2.24) is 9.97 Å². The highest BCUT2D eigenvalue weighted by Gasteiger charge is 2.05. The number of aryl methyl sites for hydroxylation is 1. The molecule has 0 unspecified atom stereocenters. The molecule has 0 amide bonds. The number of hydrogen-bond donors (Lipinski definition) is 1. The van der Waals surface area contributed by atoms with Gasteiger partial charge in [-0.15, -0.1) is 11.3 Å². The van der Waals surface area contributed by atoms with E-state index in [0.717, 1.165) is 32.2 Å². The van der Waals surface area contributed by atoms with E-state index in [0.29, 0.717) is 0 Å². The molecule has 3 aromatic rings. The van der Waals surface area contributed by atoms with Crippen molar-refractivity contribution in [2.45, 2.75) is 6.92 Å². The Labute approximate surface area is 129 Å². The van der Waals surface area contributed by atoms with E-state index in [9.17, 15) is 0 Å². The highest BCUT2D eigenvalue weighted by atomic mass is 79.9. The van der Waals surface area contributed by atoms with Gasteiger partial charge in [0.1, 0.15) is 5.82 Å². The highest BCUT2D eigenvalue weighted by Crippen LogP contribution is 2.28. The first-order valence-electron chi connectivity index (χ1n) is 6.12. The van der Waals surface area contributed by atoms with Crippen LogP contribution in [-0.2, 0) is 0 Å². The summed E-state index contributed by atoms with van der Waals surface area (Å²) >= 11 is 5.05. The van der Waals surface area contributed by atoms with Crippen molar-refractivity contribution in [2.24, 2.45) is 0 Å². The first kappa shape index (κ1) is 13.3. The third-order valence-electron chi connectivity index (χ3n) is 2.77.